The first kappa shape index (κ1) is 10.2. The van der Waals surface area contributed by atoms with E-state index in [0.29, 0.717) is 12.8 Å². The van der Waals surface area contributed by atoms with E-state index in [1.165, 1.54) is 0 Å². The molecule has 1 saturated carbocycles. The van der Waals surface area contributed by atoms with Crippen LogP contribution in [-0.4, -0.2) is 26.5 Å². The zero-order chi connectivity index (χ0) is 10.9. The highest BCUT2D eigenvalue weighted by molar-refractivity contribution is 4.91. The maximum Gasteiger partial charge on any atom is 0.344 e. The molecule has 0 atom stereocenters. The van der Waals surface area contributed by atoms with Crippen molar-refractivity contribution in [2.75, 3.05) is 6.61 Å². The molecule has 0 unspecified atom stereocenters. The Morgan fingerprint density at radius 1 is 1.13 bits per heavy atom. The summed E-state index contributed by atoms with van der Waals surface area (Å²) >= 11 is 0. The van der Waals surface area contributed by atoms with E-state index < -0.39 is 16.9 Å². The van der Waals surface area contributed by atoms with Gasteiger partial charge in [0, 0.05) is 0 Å². The summed E-state index contributed by atoms with van der Waals surface area (Å²) in [5, 5.41) is 13.9. The van der Waals surface area contributed by atoms with Crippen molar-refractivity contribution in [1.29, 1.82) is 0 Å². The van der Waals surface area contributed by atoms with Crippen LogP contribution < -0.4 is 11.4 Å². The number of aliphatic hydroxyl groups excluding tert-OH is 1. The van der Waals surface area contributed by atoms with Gasteiger partial charge in [-0.3, -0.25) is 0 Å². The third-order valence-electron chi connectivity index (χ3n) is 3.24. The molecule has 84 valence electrons. The van der Waals surface area contributed by atoms with E-state index in [1.54, 1.807) is 0 Å². The van der Waals surface area contributed by atoms with Crippen molar-refractivity contribution in [3.63, 3.8) is 0 Å². The van der Waals surface area contributed by atoms with Crippen molar-refractivity contribution >= 4 is 0 Å². The highest BCUT2D eigenvalue weighted by Crippen LogP contribution is 2.32. The molecule has 1 aromatic rings. The Kier molecular flexibility index (Phi) is 2.52. The molecule has 0 aliphatic heterocycles. The molecule has 0 bridgehead atoms. The van der Waals surface area contributed by atoms with Crippen LogP contribution in [0, 0.1) is 0 Å². The van der Waals surface area contributed by atoms with Crippen molar-refractivity contribution in [2.45, 2.75) is 37.6 Å². The summed E-state index contributed by atoms with van der Waals surface area (Å²) in [5.41, 5.74) is -1.62. The van der Waals surface area contributed by atoms with Crippen molar-refractivity contribution in [3.8, 4) is 0 Å². The van der Waals surface area contributed by atoms with Crippen LogP contribution in [0.5, 0.6) is 0 Å². The van der Waals surface area contributed by atoms with Crippen LogP contribution in [0.3, 0.4) is 0 Å². The second kappa shape index (κ2) is 3.69. The molecule has 6 heteroatoms. The lowest BCUT2D eigenvalue weighted by Gasteiger charge is -2.35. The smallest absolute Gasteiger partial charge is 0.344 e. The van der Waals surface area contributed by atoms with E-state index in [9.17, 15) is 14.7 Å². The molecule has 0 saturated heterocycles. The predicted octanol–water partition coefficient (Wildman–Crippen LogP) is -0.484. The molecule has 1 aromatic heterocycles. The molecule has 1 heterocycles. The summed E-state index contributed by atoms with van der Waals surface area (Å²) in [6.07, 6.45) is 4.35. The normalized spacial score (nSPS) is 20.3. The Morgan fingerprint density at radius 2 is 1.67 bits per heavy atom. The van der Waals surface area contributed by atoms with Crippen molar-refractivity contribution in [1.82, 2.24) is 14.8 Å². The minimum absolute atomic E-state index is 0.159. The molecule has 0 radical (unpaired) electrons. The number of aliphatic hydroxyl groups is 1. The van der Waals surface area contributed by atoms with Crippen LogP contribution in [-0.2, 0) is 5.54 Å². The van der Waals surface area contributed by atoms with Crippen LogP contribution >= 0.6 is 0 Å². The molecular weight excluding hydrogens is 198 g/mol. The molecule has 2 rings (SSSR count). The second-order valence-electron chi connectivity index (χ2n) is 4.14. The fourth-order valence-electron chi connectivity index (χ4n) is 2.40. The Balaban J connectivity index is 2.50. The summed E-state index contributed by atoms with van der Waals surface area (Å²) in [6, 6.07) is 0. The molecule has 0 aromatic carbocycles. The summed E-state index contributed by atoms with van der Waals surface area (Å²) in [6.45, 7) is -0.159. The molecule has 15 heavy (non-hydrogen) atoms. The first-order valence-electron chi connectivity index (χ1n) is 5.21. The highest BCUT2D eigenvalue weighted by atomic mass is 16.3. The number of nitrogens with one attached hydrogen (secondary N) is 2. The number of hydrogen-bond acceptors (Lipinski definition) is 3. The SMILES string of the molecule is O=c1[nH][nH]c(=O)n1C1(CO)CCCCC1. The standard InChI is InChI=1S/C9H15N3O3/c13-6-9(4-2-1-3-5-9)12-7(14)10-11-8(12)15/h13H,1-6H2,(H,10,14)(H,11,15). The summed E-state index contributed by atoms with van der Waals surface area (Å²) in [4.78, 5) is 22.9. The Bertz CT molecular complexity index is 408. The molecule has 0 spiro atoms. The average molecular weight is 213 g/mol. The third kappa shape index (κ3) is 1.54. The zero-order valence-corrected chi connectivity index (χ0v) is 8.45. The maximum absolute atomic E-state index is 11.5. The molecule has 6 nitrogen and oxygen atoms in total. The van der Waals surface area contributed by atoms with Crippen LogP contribution in [0.4, 0.5) is 0 Å². The van der Waals surface area contributed by atoms with Gasteiger partial charge in [0.1, 0.15) is 0 Å². The number of aromatic nitrogens is 3. The number of hydrogen-bond donors (Lipinski definition) is 3. The van der Waals surface area contributed by atoms with Gasteiger partial charge in [0.05, 0.1) is 12.1 Å². The predicted molar refractivity (Wildman–Crippen MR) is 53.8 cm³/mol. The van der Waals surface area contributed by atoms with Crippen molar-refractivity contribution in [3.05, 3.63) is 21.0 Å². The van der Waals surface area contributed by atoms with Gasteiger partial charge >= 0.3 is 11.4 Å². The second-order valence-corrected chi connectivity index (χ2v) is 4.14. The van der Waals surface area contributed by atoms with E-state index in [4.69, 9.17) is 0 Å². The Hall–Kier alpha value is -1.30. The van der Waals surface area contributed by atoms with Gasteiger partial charge in [-0.05, 0) is 12.8 Å². The van der Waals surface area contributed by atoms with Gasteiger partial charge in [0.25, 0.3) is 0 Å². The number of rotatable bonds is 2. The summed E-state index contributed by atoms with van der Waals surface area (Å²) in [5.74, 6) is 0. The van der Waals surface area contributed by atoms with E-state index in [1.807, 2.05) is 0 Å². The zero-order valence-electron chi connectivity index (χ0n) is 8.45. The quantitative estimate of drug-likeness (QED) is 0.619. The fourth-order valence-corrected chi connectivity index (χ4v) is 2.40. The molecule has 1 aliphatic rings. The largest absolute Gasteiger partial charge is 0.394 e. The van der Waals surface area contributed by atoms with Crippen LogP contribution in [0.2, 0.25) is 0 Å². The lowest BCUT2D eigenvalue weighted by Crippen LogP contribution is -2.49. The average Bonchev–Trinajstić information content (AvgIpc) is 2.60. The molecule has 0 amide bonds. The van der Waals surface area contributed by atoms with E-state index in [2.05, 4.69) is 10.2 Å². The van der Waals surface area contributed by atoms with Gasteiger partial charge in [-0.2, -0.15) is 0 Å². The van der Waals surface area contributed by atoms with E-state index in [0.717, 1.165) is 23.8 Å². The van der Waals surface area contributed by atoms with Gasteiger partial charge in [-0.1, -0.05) is 19.3 Å². The first-order valence-corrected chi connectivity index (χ1v) is 5.21. The lowest BCUT2D eigenvalue weighted by molar-refractivity contribution is 0.0845. The van der Waals surface area contributed by atoms with Gasteiger partial charge in [0.2, 0.25) is 0 Å². The summed E-state index contributed by atoms with van der Waals surface area (Å²) < 4.78 is 1.13. The molecular formula is C9H15N3O3. The molecule has 1 aliphatic carbocycles. The molecule has 1 fully saturated rings. The maximum atomic E-state index is 11.5. The van der Waals surface area contributed by atoms with Gasteiger partial charge < -0.3 is 5.11 Å². The lowest BCUT2D eigenvalue weighted by atomic mass is 9.82. The van der Waals surface area contributed by atoms with Gasteiger partial charge in [-0.15, -0.1) is 0 Å². The van der Waals surface area contributed by atoms with Crippen molar-refractivity contribution < 1.29 is 5.11 Å². The number of H-pyrrole nitrogens is 2. The molecule has 3 N–H and O–H groups in total. The van der Waals surface area contributed by atoms with E-state index in [-0.39, 0.29) is 6.61 Å². The fraction of sp³-hybridized carbons (Fsp3) is 0.778. The van der Waals surface area contributed by atoms with Crippen LogP contribution in [0.25, 0.3) is 0 Å². The minimum Gasteiger partial charge on any atom is -0.394 e. The first-order chi connectivity index (χ1) is 7.19. The number of nitrogens with zero attached hydrogens (tertiary/aromatic N) is 1. The Labute approximate surface area is 85.9 Å². The third-order valence-corrected chi connectivity index (χ3v) is 3.24. The monoisotopic (exact) mass is 213 g/mol. The van der Waals surface area contributed by atoms with E-state index >= 15 is 0 Å². The summed E-state index contributed by atoms with van der Waals surface area (Å²) in [7, 11) is 0. The highest BCUT2D eigenvalue weighted by Gasteiger charge is 2.36. The van der Waals surface area contributed by atoms with Gasteiger partial charge in [0.15, 0.2) is 0 Å². The van der Waals surface area contributed by atoms with Gasteiger partial charge in [-0.25, -0.2) is 24.4 Å². The minimum atomic E-state index is -0.692. The van der Waals surface area contributed by atoms with Crippen molar-refractivity contribution in [2.24, 2.45) is 0 Å². The Morgan fingerprint density at radius 3 is 2.13 bits per heavy atom. The van der Waals surface area contributed by atoms with Crippen LogP contribution in [0.15, 0.2) is 9.59 Å². The number of aromatic amines is 2. The topological polar surface area (TPSA) is 90.9 Å². The van der Waals surface area contributed by atoms with Crippen LogP contribution in [0.1, 0.15) is 32.1 Å².